The number of nitrogens with one attached hydrogen (secondary N) is 1. The number of esters is 1. The van der Waals surface area contributed by atoms with E-state index in [1.54, 1.807) is 0 Å². The van der Waals surface area contributed by atoms with Gasteiger partial charge in [-0.15, -0.1) is 0 Å². The number of methoxy groups -OCH3 is 2. The highest BCUT2D eigenvalue weighted by Crippen LogP contribution is 2.17. The van der Waals surface area contributed by atoms with Crippen LogP contribution in [0, 0.1) is 0 Å². The Bertz CT molecular complexity index is 317. The lowest BCUT2D eigenvalue weighted by Gasteiger charge is -2.40. The first-order valence-electron chi connectivity index (χ1n) is 4.69. The molecule has 0 bridgehead atoms. The number of carbonyl (C=O) groups excluding carboxylic acids is 3. The summed E-state index contributed by atoms with van der Waals surface area (Å²) >= 11 is 0. The molecule has 1 fully saturated rings. The molecule has 0 aromatic rings. The minimum Gasteiger partial charge on any atom is -0.469 e. The van der Waals surface area contributed by atoms with Gasteiger partial charge in [0.1, 0.15) is 6.04 Å². The smallest absolute Gasteiger partial charge is 0.409 e. The zero-order valence-electron chi connectivity index (χ0n) is 9.35. The van der Waals surface area contributed by atoms with Crippen LogP contribution in [0.5, 0.6) is 0 Å². The standard InChI is InChI=1S/C9H14N2O5/c1-11(9(14)16-3)7-5(10-8(7)13)4-6(12)15-2/h5,7H,4H2,1-3H3,(H,10,13). The molecule has 1 aliphatic heterocycles. The first kappa shape index (κ1) is 12.3. The summed E-state index contributed by atoms with van der Waals surface area (Å²) in [6.45, 7) is 0. The van der Waals surface area contributed by atoms with Gasteiger partial charge in [-0.05, 0) is 0 Å². The molecule has 1 heterocycles. The quantitative estimate of drug-likeness (QED) is 0.502. The second kappa shape index (κ2) is 4.82. The first-order chi connectivity index (χ1) is 7.51. The Morgan fingerprint density at radius 1 is 1.38 bits per heavy atom. The lowest BCUT2D eigenvalue weighted by atomic mass is 9.95. The number of nitrogens with zero attached hydrogens (tertiary/aromatic N) is 1. The van der Waals surface area contributed by atoms with E-state index in [9.17, 15) is 14.4 Å². The number of β-lactam (4-membered cyclic amide) rings is 1. The molecular weight excluding hydrogens is 216 g/mol. The predicted molar refractivity (Wildman–Crippen MR) is 52.5 cm³/mol. The van der Waals surface area contributed by atoms with Gasteiger partial charge in [0.25, 0.3) is 0 Å². The molecule has 2 atom stereocenters. The third-order valence-electron chi connectivity index (χ3n) is 2.47. The number of likely N-dealkylation sites (N-methyl/N-ethyl adjacent to an activating group) is 1. The molecule has 1 N–H and O–H groups in total. The van der Waals surface area contributed by atoms with E-state index in [4.69, 9.17) is 0 Å². The Morgan fingerprint density at radius 2 is 2.00 bits per heavy atom. The van der Waals surface area contributed by atoms with Gasteiger partial charge < -0.3 is 14.8 Å². The predicted octanol–water partition coefficient (Wildman–Crippen LogP) is -0.885. The summed E-state index contributed by atoms with van der Waals surface area (Å²) in [7, 11) is 3.94. The highest BCUT2D eigenvalue weighted by atomic mass is 16.5. The van der Waals surface area contributed by atoms with Crippen LogP contribution in [0.3, 0.4) is 0 Å². The van der Waals surface area contributed by atoms with Crippen LogP contribution in [0.2, 0.25) is 0 Å². The molecule has 90 valence electrons. The molecular formula is C9H14N2O5. The Balaban J connectivity index is 2.60. The third-order valence-corrected chi connectivity index (χ3v) is 2.47. The fourth-order valence-corrected chi connectivity index (χ4v) is 1.56. The number of hydrogen-bond acceptors (Lipinski definition) is 5. The highest BCUT2D eigenvalue weighted by Gasteiger charge is 2.45. The fraction of sp³-hybridized carbons (Fsp3) is 0.667. The van der Waals surface area contributed by atoms with Gasteiger partial charge in [-0.25, -0.2) is 4.79 Å². The van der Waals surface area contributed by atoms with Crippen LogP contribution in [0.4, 0.5) is 4.79 Å². The Kier molecular flexibility index (Phi) is 3.70. The zero-order chi connectivity index (χ0) is 12.3. The van der Waals surface area contributed by atoms with E-state index in [2.05, 4.69) is 14.8 Å². The summed E-state index contributed by atoms with van der Waals surface area (Å²) in [5, 5.41) is 2.53. The maximum Gasteiger partial charge on any atom is 0.409 e. The molecule has 2 amide bonds. The molecule has 1 aliphatic rings. The van der Waals surface area contributed by atoms with E-state index in [0.29, 0.717) is 0 Å². The van der Waals surface area contributed by atoms with E-state index in [1.807, 2.05) is 0 Å². The van der Waals surface area contributed by atoms with Crippen molar-refractivity contribution in [3.8, 4) is 0 Å². The zero-order valence-corrected chi connectivity index (χ0v) is 9.35. The van der Waals surface area contributed by atoms with Crippen LogP contribution >= 0.6 is 0 Å². The number of carbonyl (C=O) groups is 3. The molecule has 0 radical (unpaired) electrons. The van der Waals surface area contributed by atoms with E-state index in [0.717, 1.165) is 4.90 Å². The van der Waals surface area contributed by atoms with Crippen LogP contribution < -0.4 is 5.32 Å². The number of rotatable bonds is 3. The monoisotopic (exact) mass is 230 g/mol. The Labute approximate surface area is 92.7 Å². The topological polar surface area (TPSA) is 84.9 Å². The van der Waals surface area contributed by atoms with Crippen LogP contribution in [0.15, 0.2) is 0 Å². The van der Waals surface area contributed by atoms with E-state index >= 15 is 0 Å². The van der Waals surface area contributed by atoms with E-state index < -0.39 is 24.1 Å². The summed E-state index contributed by atoms with van der Waals surface area (Å²) in [4.78, 5) is 34.6. The van der Waals surface area contributed by atoms with Gasteiger partial charge in [0, 0.05) is 7.05 Å². The number of hydrogen-bond donors (Lipinski definition) is 1. The Hall–Kier alpha value is -1.79. The minimum atomic E-state index is -0.674. The average Bonchev–Trinajstić information content (AvgIpc) is 2.26. The van der Waals surface area contributed by atoms with Gasteiger partial charge in [0.15, 0.2) is 0 Å². The van der Waals surface area contributed by atoms with Gasteiger partial charge >= 0.3 is 12.1 Å². The van der Waals surface area contributed by atoms with Gasteiger partial charge in [-0.1, -0.05) is 0 Å². The van der Waals surface area contributed by atoms with Crippen LogP contribution in [-0.2, 0) is 19.1 Å². The summed E-state index contributed by atoms with van der Waals surface area (Å²) < 4.78 is 8.97. The lowest BCUT2D eigenvalue weighted by molar-refractivity contribution is -0.145. The molecule has 1 saturated heterocycles. The Morgan fingerprint density at radius 3 is 2.44 bits per heavy atom. The van der Waals surface area contributed by atoms with Crippen LogP contribution in [-0.4, -0.2) is 56.2 Å². The normalized spacial score (nSPS) is 22.8. The molecule has 0 aromatic heterocycles. The van der Waals surface area contributed by atoms with Gasteiger partial charge in [-0.2, -0.15) is 0 Å². The maximum atomic E-state index is 11.3. The highest BCUT2D eigenvalue weighted by molar-refractivity contribution is 5.93. The molecule has 7 nitrogen and oxygen atoms in total. The van der Waals surface area contributed by atoms with Crippen molar-refractivity contribution in [3.05, 3.63) is 0 Å². The number of amides is 2. The largest absolute Gasteiger partial charge is 0.469 e. The second-order valence-corrected chi connectivity index (χ2v) is 3.42. The number of ether oxygens (including phenoxy) is 2. The fourth-order valence-electron chi connectivity index (χ4n) is 1.56. The summed E-state index contributed by atoms with van der Waals surface area (Å²) in [6.07, 6.45) is -0.580. The van der Waals surface area contributed by atoms with Crippen molar-refractivity contribution in [2.24, 2.45) is 0 Å². The molecule has 0 aromatic carbocycles. The van der Waals surface area contributed by atoms with Crippen molar-refractivity contribution in [2.75, 3.05) is 21.3 Å². The van der Waals surface area contributed by atoms with Crippen molar-refractivity contribution in [1.82, 2.24) is 10.2 Å². The summed E-state index contributed by atoms with van der Waals surface area (Å²) in [5.41, 5.74) is 0. The van der Waals surface area contributed by atoms with Crippen molar-refractivity contribution >= 4 is 18.0 Å². The van der Waals surface area contributed by atoms with Crippen molar-refractivity contribution in [3.63, 3.8) is 0 Å². The molecule has 0 aliphatic carbocycles. The van der Waals surface area contributed by atoms with Crippen LogP contribution in [0.25, 0.3) is 0 Å². The van der Waals surface area contributed by atoms with Crippen molar-refractivity contribution < 1.29 is 23.9 Å². The molecule has 7 heteroatoms. The summed E-state index contributed by atoms with van der Waals surface area (Å²) in [5.74, 6) is -0.741. The lowest BCUT2D eigenvalue weighted by Crippen LogP contribution is -2.69. The minimum absolute atomic E-state index is 0.0360. The third kappa shape index (κ3) is 2.23. The molecule has 1 rings (SSSR count). The molecule has 2 unspecified atom stereocenters. The molecule has 16 heavy (non-hydrogen) atoms. The maximum absolute atomic E-state index is 11.3. The van der Waals surface area contributed by atoms with Crippen LogP contribution in [0.1, 0.15) is 6.42 Å². The van der Waals surface area contributed by atoms with E-state index in [-0.39, 0.29) is 12.3 Å². The molecule has 0 saturated carbocycles. The van der Waals surface area contributed by atoms with Crippen molar-refractivity contribution in [1.29, 1.82) is 0 Å². The van der Waals surface area contributed by atoms with Gasteiger partial charge in [0.2, 0.25) is 5.91 Å². The first-order valence-corrected chi connectivity index (χ1v) is 4.69. The van der Waals surface area contributed by atoms with Crippen molar-refractivity contribution in [2.45, 2.75) is 18.5 Å². The summed E-state index contributed by atoms with van der Waals surface area (Å²) in [6, 6.07) is -1.09. The van der Waals surface area contributed by atoms with E-state index in [1.165, 1.54) is 21.3 Å². The SMILES string of the molecule is COC(=O)CC1NC(=O)C1N(C)C(=O)OC. The van der Waals surface area contributed by atoms with Gasteiger partial charge in [0.05, 0.1) is 26.7 Å². The average molecular weight is 230 g/mol. The van der Waals surface area contributed by atoms with Gasteiger partial charge in [-0.3, -0.25) is 14.5 Å². The molecule has 0 spiro atoms. The second-order valence-electron chi connectivity index (χ2n) is 3.42.